The SMILES string of the molecule is CC(Sc1ccc(Br)cc1)C(=O)Nc1ccc([N+](=O)[O-])cc1. The van der Waals surface area contributed by atoms with Crippen LogP contribution in [0.2, 0.25) is 0 Å². The molecule has 5 nitrogen and oxygen atoms in total. The van der Waals surface area contributed by atoms with Gasteiger partial charge in [-0.1, -0.05) is 15.9 Å². The number of anilines is 1. The number of nitrogens with zero attached hydrogens (tertiary/aromatic N) is 1. The molecule has 0 saturated carbocycles. The predicted octanol–water partition coefficient (Wildman–Crippen LogP) is 4.48. The maximum Gasteiger partial charge on any atom is 0.269 e. The number of non-ortho nitro benzene ring substituents is 1. The number of nitro groups is 1. The third-order valence-corrected chi connectivity index (χ3v) is 4.48. The smallest absolute Gasteiger partial charge is 0.269 e. The average Bonchev–Trinajstić information content (AvgIpc) is 2.50. The van der Waals surface area contributed by atoms with Gasteiger partial charge in [0.15, 0.2) is 0 Å². The number of halogens is 1. The van der Waals surface area contributed by atoms with E-state index in [0.29, 0.717) is 5.69 Å². The lowest BCUT2D eigenvalue weighted by atomic mass is 10.3. The van der Waals surface area contributed by atoms with Gasteiger partial charge in [0, 0.05) is 27.2 Å². The van der Waals surface area contributed by atoms with Crippen LogP contribution in [0.25, 0.3) is 0 Å². The number of thioether (sulfide) groups is 1. The third-order valence-electron chi connectivity index (χ3n) is 2.84. The number of benzene rings is 2. The largest absolute Gasteiger partial charge is 0.325 e. The molecule has 22 heavy (non-hydrogen) atoms. The van der Waals surface area contributed by atoms with Crippen molar-refractivity contribution in [2.24, 2.45) is 0 Å². The van der Waals surface area contributed by atoms with Gasteiger partial charge in [-0.05, 0) is 43.3 Å². The number of rotatable bonds is 5. The molecule has 0 aliphatic carbocycles. The fourth-order valence-electron chi connectivity index (χ4n) is 1.68. The zero-order valence-corrected chi connectivity index (χ0v) is 14.1. The Balaban J connectivity index is 1.95. The number of carbonyl (C=O) groups is 1. The number of amides is 1. The van der Waals surface area contributed by atoms with Gasteiger partial charge in [-0.3, -0.25) is 14.9 Å². The number of carbonyl (C=O) groups excluding carboxylic acids is 1. The van der Waals surface area contributed by atoms with Gasteiger partial charge in [0.2, 0.25) is 5.91 Å². The number of nitrogens with one attached hydrogen (secondary N) is 1. The van der Waals surface area contributed by atoms with Crippen molar-refractivity contribution in [3.63, 3.8) is 0 Å². The van der Waals surface area contributed by atoms with Crippen molar-refractivity contribution in [1.82, 2.24) is 0 Å². The predicted molar refractivity (Wildman–Crippen MR) is 91.2 cm³/mol. The lowest BCUT2D eigenvalue weighted by Gasteiger charge is -2.12. The Bertz CT molecular complexity index is 674. The van der Waals surface area contributed by atoms with Gasteiger partial charge >= 0.3 is 0 Å². The van der Waals surface area contributed by atoms with Crippen LogP contribution in [0.1, 0.15) is 6.92 Å². The van der Waals surface area contributed by atoms with Gasteiger partial charge in [0.1, 0.15) is 0 Å². The van der Waals surface area contributed by atoms with E-state index >= 15 is 0 Å². The molecule has 114 valence electrons. The molecule has 0 aliphatic rings. The van der Waals surface area contributed by atoms with Crippen LogP contribution in [-0.4, -0.2) is 16.1 Å². The molecule has 0 spiro atoms. The summed E-state index contributed by atoms with van der Waals surface area (Å²) in [4.78, 5) is 23.2. The minimum atomic E-state index is -0.475. The van der Waals surface area contributed by atoms with Gasteiger partial charge in [-0.2, -0.15) is 0 Å². The molecular formula is C15H13BrN2O3S. The van der Waals surface area contributed by atoms with E-state index < -0.39 is 4.92 Å². The average molecular weight is 381 g/mol. The molecular weight excluding hydrogens is 368 g/mol. The molecule has 2 aromatic carbocycles. The van der Waals surface area contributed by atoms with Crippen LogP contribution >= 0.6 is 27.7 Å². The number of nitro benzene ring substituents is 1. The Morgan fingerprint density at radius 1 is 1.18 bits per heavy atom. The van der Waals surface area contributed by atoms with E-state index in [1.807, 2.05) is 31.2 Å². The monoisotopic (exact) mass is 380 g/mol. The maximum absolute atomic E-state index is 12.1. The lowest BCUT2D eigenvalue weighted by molar-refractivity contribution is -0.384. The van der Waals surface area contributed by atoms with Crippen molar-refractivity contribution in [2.75, 3.05) is 5.32 Å². The van der Waals surface area contributed by atoms with Crippen molar-refractivity contribution in [2.45, 2.75) is 17.1 Å². The van der Waals surface area contributed by atoms with Crippen molar-refractivity contribution < 1.29 is 9.72 Å². The first-order valence-electron chi connectivity index (χ1n) is 6.43. The van der Waals surface area contributed by atoms with E-state index in [4.69, 9.17) is 0 Å². The summed E-state index contributed by atoms with van der Waals surface area (Å²) in [6, 6.07) is 13.5. The van der Waals surface area contributed by atoms with Crippen LogP contribution < -0.4 is 5.32 Å². The molecule has 0 bridgehead atoms. The fourth-order valence-corrected chi connectivity index (χ4v) is 2.81. The Labute approximate surface area is 140 Å². The van der Waals surface area contributed by atoms with Gasteiger partial charge in [-0.25, -0.2) is 0 Å². The second-order valence-corrected chi connectivity index (χ2v) is 6.84. The van der Waals surface area contributed by atoms with E-state index in [1.54, 1.807) is 0 Å². The summed E-state index contributed by atoms with van der Waals surface area (Å²) in [6.45, 7) is 1.81. The first-order chi connectivity index (χ1) is 10.5. The fraction of sp³-hybridized carbons (Fsp3) is 0.133. The topological polar surface area (TPSA) is 72.2 Å². The number of hydrogen-bond acceptors (Lipinski definition) is 4. The summed E-state index contributed by atoms with van der Waals surface area (Å²) >= 11 is 4.81. The molecule has 0 fully saturated rings. The molecule has 0 radical (unpaired) electrons. The van der Waals surface area contributed by atoms with Crippen LogP contribution in [0, 0.1) is 10.1 Å². The first kappa shape index (κ1) is 16.5. The van der Waals surface area contributed by atoms with Gasteiger partial charge in [-0.15, -0.1) is 11.8 Å². The molecule has 2 aromatic rings. The Morgan fingerprint density at radius 3 is 2.32 bits per heavy atom. The molecule has 2 rings (SSSR count). The van der Waals surface area contributed by atoms with Crippen LogP contribution in [0.3, 0.4) is 0 Å². The van der Waals surface area contributed by atoms with Crippen LogP contribution in [0.5, 0.6) is 0 Å². The molecule has 1 amide bonds. The van der Waals surface area contributed by atoms with E-state index in [0.717, 1.165) is 9.37 Å². The highest BCUT2D eigenvalue weighted by Crippen LogP contribution is 2.26. The first-order valence-corrected chi connectivity index (χ1v) is 8.10. The Morgan fingerprint density at radius 2 is 1.77 bits per heavy atom. The zero-order valence-electron chi connectivity index (χ0n) is 11.7. The van der Waals surface area contributed by atoms with Gasteiger partial charge < -0.3 is 5.32 Å². The number of hydrogen-bond donors (Lipinski definition) is 1. The summed E-state index contributed by atoms with van der Waals surface area (Å²) in [5.74, 6) is -0.151. The van der Waals surface area contributed by atoms with Crippen molar-refractivity contribution in [3.8, 4) is 0 Å². The van der Waals surface area contributed by atoms with E-state index in [2.05, 4.69) is 21.2 Å². The molecule has 1 unspecified atom stereocenters. The molecule has 1 N–H and O–H groups in total. The van der Waals surface area contributed by atoms with Crippen LogP contribution in [0.15, 0.2) is 57.9 Å². The molecule has 1 atom stereocenters. The molecule has 0 saturated heterocycles. The maximum atomic E-state index is 12.1. The molecule has 0 heterocycles. The highest BCUT2D eigenvalue weighted by molar-refractivity contribution is 9.10. The van der Waals surface area contributed by atoms with Crippen molar-refractivity contribution in [3.05, 3.63) is 63.1 Å². The summed E-state index contributed by atoms with van der Waals surface area (Å²) in [5.41, 5.74) is 0.536. The minimum absolute atomic E-state index is 0.00437. The van der Waals surface area contributed by atoms with E-state index in [9.17, 15) is 14.9 Å². The van der Waals surface area contributed by atoms with Crippen molar-refractivity contribution >= 4 is 45.0 Å². The summed E-state index contributed by atoms with van der Waals surface area (Å²) < 4.78 is 0.986. The van der Waals surface area contributed by atoms with Crippen LogP contribution in [0.4, 0.5) is 11.4 Å². The summed E-state index contributed by atoms with van der Waals surface area (Å²) in [7, 11) is 0. The highest BCUT2D eigenvalue weighted by Gasteiger charge is 2.15. The van der Waals surface area contributed by atoms with Gasteiger partial charge in [0.05, 0.1) is 10.2 Å². The third kappa shape index (κ3) is 4.57. The Kier molecular flexibility index (Phi) is 5.57. The second kappa shape index (κ2) is 7.42. The Hall–Kier alpha value is -1.86. The summed E-state index contributed by atoms with van der Waals surface area (Å²) in [6.07, 6.45) is 0. The minimum Gasteiger partial charge on any atom is -0.325 e. The summed E-state index contributed by atoms with van der Waals surface area (Å²) in [5, 5.41) is 13.0. The molecule has 7 heteroatoms. The van der Waals surface area contributed by atoms with Gasteiger partial charge in [0.25, 0.3) is 5.69 Å². The second-order valence-electron chi connectivity index (χ2n) is 4.51. The lowest BCUT2D eigenvalue weighted by Crippen LogP contribution is -2.22. The normalized spacial score (nSPS) is 11.7. The quantitative estimate of drug-likeness (QED) is 0.471. The van der Waals surface area contributed by atoms with E-state index in [1.165, 1.54) is 36.0 Å². The van der Waals surface area contributed by atoms with E-state index in [-0.39, 0.29) is 16.8 Å². The molecule has 0 aromatic heterocycles. The highest BCUT2D eigenvalue weighted by atomic mass is 79.9. The standard InChI is InChI=1S/C15H13BrN2O3S/c1-10(22-14-8-2-11(16)3-9-14)15(19)17-12-4-6-13(7-5-12)18(20)21/h2-10H,1H3,(H,17,19). The zero-order chi connectivity index (χ0) is 16.1. The van der Waals surface area contributed by atoms with Crippen molar-refractivity contribution in [1.29, 1.82) is 0 Å². The van der Waals surface area contributed by atoms with Crippen LogP contribution in [-0.2, 0) is 4.79 Å². The molecule has 0 aliphatic heterocycles.